The molecule has 1 aromatic heterocycles. The highest BCUT2D eigenvalue weighted by atomic mass is 32.2. The third kappa shape index (κ3) is 9.70. The van der Waals surface area contributed by atoms with Crippen LogP contribution >= 0.6 is 0 Å². The molecule has 11 nitrogen and oxygen atoms in total. The van der Waals surface area contributed by atoms with Gasteiger partial charge in [0.15, 0.2) is 0 Å². The second-order valence-electron chi connectivity index (χ2n) is 11.2. The average molecular weight is 665 g/mol. The van der Waals surface area contributed by atoms with E-state index < -0.39 is 27.8 Å². The van der Waals surface area contributed by atoms with Crippen LogP contribution in [0.2, 0.25) is 0 Å². The minimum absolute atomic E-state index is 0.0398. The van der Waals surface area contributed by atoms with Gasteiger partial charge in [0.05, 0.1) is 11.9 Å². The molecule has 2 unspecified atom stereocenters. The quantitative estimate of drug-likeness (QED) is 0.163. The monoisotopic (exact) mass is 664 g/mol. The first-order valence-electron chi connectivity index (χ1n) is 14.7. The Bertz CT molecular complexity index is 1840. The molecule has 1 aliphatic rings. The van der Waals surface area contributed by atoms with Crippen LogP contribution in [0.4, 0.5) is 30.6 Å². The van der Waals surface area contributed by atoms with Crippen LogP contribution in [-0.4, -0.2) is 49.1 Å². The summed E-state index contributed by atoms with van der Waals surface area (Å²) in [5.41, 5.74) is 2.37. The molecule has 1 aliphatic heterocycles. The molecule has 0 bridgehead atoms. The zero-order valence-electron chi connectivity index (χ0n) is 25.7. The summed E-state index contributed by atoms with van der Waals surface area (Å²) in [5.74, 6) is -0.565. The Morgan fingerprint density at radius 3 is 2.43 bits per heavy atom. The van der Waals surface area contributed by atoms with Gasteiger partial charge < -0.3 is 20.7 Å². The molecule has 14 heteroatoms. The van der Waals surface area contributed by atoms with Gasteiger partial charge in [-0.15, -0.1) is 0 Å². The van der Waals surface area contributed by atoms with Gasteiger partial charge >= 0.3 is 6.03 Å². The van der Waals surface area contributed by atoms with Crippen molar-refractivity contribution in [1.82, 2.24) is 15.2 Å². The van der Waals surface area contributed by atoms with Gasteiger partial charge in [0.1, 0.15) is 17.4 Å². The normalized spacial score (nSPS) is 16.6. The van der Waals surface area contributed by atoms with E-state index in [9.17, 15) is 26.8 Å². The number of carbonyl (C=O) groups is 2. The first-order chi connectivity index (χ1) is 22.4. The molecule has 5 rings (SSSR count). The maximum atomic E-state index is 14.3. The highest BCUT2D eigenvalue weighted by Crippen LogP contribution is 2.33. The lowest BCUT2D eigenvalue weighted by molar-refractivity contribution is -0.114. The van der Waals surface area contributed by atoms with Gasteiger partial charge in [-0.2, -0.15) is 0 Å². The number of benzene rings is 3. The Morgan fingerprint density at radius 2 is 1.74 bits per heavy atom. The summed E-state index contributed by atoms with van der Waals surface area (Å²) in [6.45, 7) is 2.38. The number of hydrogen-bond acceptors (Lipinski definition) is 7. The lowest BCUT2D eigenvalue weighted by Gasteiger charge is -2.40. The summed E-state index contributed by atoms with van der Waals surface area (Å²) in [6, 6.07) is 19.4. The number of ether oxygens (including phenoxy) is 1. The Morgan fingerprint density at radius 1 is 0.979 bits per heavy atom. The van der Waals surface area contributed by atoms with E-state index in [1.54, 1.807) is 42.6 Å². The van der Waals surface area contributed by atoms with E-state index in [0.29, 0.717) is 48.9 Å². The number of piperidine rings is 1. The van der Waals surface area contributed by atoms with Crippen molar-refractivity contribution in [3.63, 3.8) is 0 Å². The van der Waals surface area contributed by atoms with Crippen molar-refractivity contribution in [3.8, 4) is 11.6 Å². The van der Waals surface area contributed by atoms with E-state index in [0.717, 1.165) is 23.4 Å². The standard InChI is InChI=1S/C33H34F2N6O5S/c1-21(42)37-30-17-26(9-12-29(30)35)38-33(43)39-27-14-15-41(31(18-27)23-4-3-5-24(34)16-23)20-22-6-13-32(36-19-22)46-28-10-7-25(8-11-28)40-47(2,44)45/h3-13,16-17,19,27,31,40H,14-15,18,20H2,1-2H3,(H,37,42)(H2,38,39,43). The van der Waals surface area contributed by atoms with E-state index in [-0.39, 0.29) is 23.6 Å². The highest BCUT2D eigenvalue weighted by molar-refractivity contribution is 7.92. The molecule has 246 valence electrons. The minimum Gasteiger partial charge on any atom is -0.439 e. The topological polar surface area (TPSA) is 142 Å². The lowest BCUT2D eigenvalue weighted by atomic mass is 9.91. The highest BCUT2D eigenvalue weighted by Gasteiger charge is 2.31. The molecule has 2 atom stereocenters. The fourth-order valence-electron chi connectivity index (χ4n) is 5.36. The molecule has 0 spiro atoms. The van der Waals surface area contributed by atoms with Crippen molar-refractivity contribution in [1.29, 1.82) is 0 Å². The number of urea groups is 1. The van der Waals surface area contributed by atoms with Gasteiger partial charge in [0.2, 0.25) is 21.8 Å². The van der Waals surface area contributed by atoms with Gasteiger partial charge in [0, 0.05) is 55.7 Å². The molecular formula is C33H34F2N6O5S. The van der Waals surface area contributed by atoms with Crippen molar-refractivity contribution < 1.29 is 31.5 Å². The number of nitrogens with one attached hydrogen (secondary N) is 4. The predicted molar refractivity (Wildman–Crippen MR) is 175 cm³/mol. The summed E-state index contributed by atoms with van der Waals surface area (Å²) in [7, 11) is -3.38. The number of anilines is 3. The molecule has 2 heterocycles. The summed E-state index contributed by atoms with van der Waals surface area (Å²) >= 11 is 0. The number of pyridine rings is 1. The van der Waals surface area contributed by atoms with Crippen LogP contribution in [0.1, 0.15) is 36.9 Å². The Balaban J connectivity index is 1.22. The number of hydrogen-bond donors (Lipinski definition) is 4. The molecule has 3 amide bonds. The third-order valence-electron chi connectivity index (χ3n) is 7.38. The van der Waals surface area contributed by atoms with Gasteiger partial charge in [-0.25, -0.2) is 27.0 Å². The van der Waals surface area contributed by atoms with Gasteiger partial charge in [0.25, 0.3) is 0 Å². The molecule has 0 radical (unpaired) electrons. The Hall–Kier alpha value is -5.08. The first-order valence-corrected chi connectivity index (χ1v) is 16.6. The molecule has 0 saturated carbocycles. The van der Waals surface area contributed by atoms with E-state index in [1.165, 1.54) is 31.2 Å². The van der Waals surface area contributed by atoms with Crippen LogP contribution < -0.4 is 25.4 Å². The van der Waals surface area contributed by atoms with E-state index in [1.807, 2.05) is 12.1 Å². The number of aromatic nitrogens is 1. The smallest absolute Gasteiger partial charge is 0.319 e. The third-order valence-corrected chi connectivity index (χ3v) is 7.99. The van der Waals surface area contributed by atoms with Crippen LogP contribution in [0.15, 0.2) is 85.1 Å². The molecule has 4 aromatic rings. The molecule has 1 fully saturated rings. The van der Waals surface area contributed by atoms with Crippen LogP contribution in [0.3, 0.4) is 0 Å². The summed E-state index contributed by atoms with van der Waals surface area (Å²) in [4.78, 5) is 30.9. The van der Waals surface area contributed by atoms with Crippen molar-refractivity contribution in [2.45, 2.75) is 38.4 Å². The summed E-state index contributed by atoms with van der Waals surface area (Å²) < 4.78 is 59.3. The number of rotatable bonds is 10. The molecule has 3 aromatic carbocycles. The summed E-state index contributed by atoms with van der Waals surface area (Å²) in [5, 5.41) is 8.05. The van der Waals surface area contributed by atoms with Gasteiger partial charge in [-0.3, -0.25) is 14.4 Å². The fourth-order valence-corrected chi connectivity index (χ4v) is 5.93. The van der Waals surface area contributed by atoms with Crippen LogP contribution in [0.5, 0.6) is 11.6 Å². The van der Waals surface area contributed by atoms with Crippen LogP contribution in [-0.2, 0) is 21.4 Å². The minimum atomic E-state index is -3.38. The SMILES string of the molecule is CC(=O)Nc1cc(NC(=O)NC2CCN(Cc3ccc(Oc4ccc(NS(C)(=O)=O)cc4)nc3)C(c3cccc(F)c3)C2)ccc1F. The molecule has 0 aliphatic carbocycles. The first kappa shape index (κ1) is 33.3. The van der Waals surface area contributed by atoms with Crippen molar-refractivity contribution in [3.05, 3.63) is 108 Å². The second kappa shape index (κ2) is 14.6. The van der Waals surface area contributed by atoms with Gasteiger partial charge in [-0.05, 0) is 78.6 Å². The maximum Gasteiger partial charge on any atom is 0.319 e. The van der Waals surface area contributed by atoms with Crippen LogP contribution in [0, 0.1) is 11.6 Å². The fraction of sp³-hybridized carbons (Fsp3) is 0.242. The average Bonchev–Trinajstić information content (AvgIpc) is 3.00. The zero-order chi connectivity index (χ0) is 33.6. The van der Waals surface area contributed by atoms with Gasteiger partial charge in [-0.1, -0.05) is 18.2 Å². The second-order valence-corrected chi connectivity index (χ2v) is 13.0. The van der Waals surface area contributed by atoms with E-state index in [2.05, 4.69) is 30.6 Å². The van der Waals surface area contributed by atoms with E-state index in [4.69, 9.17) is 4.74 Å². The number of halogens is 2. The zero-order valence-corrected chi connectivity index (χ0v) is 26.5. The number of likely N-dealkylation sites (tertiary alicyclic amines) is 1. The molecule has 47 heavy (non-hydrogen) atoms. The molecular weight excluding hydrogens is 630 g/mol. The van der Waals surface area contributed by atoms with Crippen molar-refractivity contribution >= 4 is 39.0 Å². The number of sulfonamides is 1. The predicted octanol–water partition coefficient (Wildman–Crippen LogP) is 6.01. The Labute approximate surface area is 271 Å². The Kier molecular flexibility index (Phi) is 10.3. The number of nitrogens with zero attached hydrogens (tertiary/aromatic N) is 2. The molecule has 1 saturated heterocycles. The summed E-state index contributed by atoms with van der Waals surface area (Å²) in [6.07, 6.45) is 3.91. The lowest BCUT2D eigenvalue weighted by Crippen LogP contribution is -2.47. The van der Waals surface area contributed by atoms with Crippen molar-refractivity contribution in [2.75, 3.05) is 28.2 Å². The van der Waals surface area contributed by atoms with Crippen LogP contribution in [0.25, 0.3) is 0 Å². The van der Waals surface area contributed by atoms with Crippen molar-refractivity contribution in [2.24, 2.45) is 0 Å². The largest absolute Gasteiger partial charge is 0.439 e. The van der Waals surface area contributed by atoms with E-state index >= 15 is 0 Å². The molecule has 4 N–H and O–H groups in total. The number of carbonyl (C=O) groups excluding carboxylic acids is 2. The maximum absolute atomic E-state index is 14.3. The number of amides is 3.